The minimum absolute atomic E-state index is 0.0301. The van der Waals surface area contributed by atoms with Crippen molar-refractivity contribution in [2.75, 3.05) is 9.80 Å². The van der Waals surface area contributed by atoms with Gasteiger partial charge in [-0.1, -0.05) is 198 Å². The molecule has 11 aromatic carbocycles. The van der Waals surface area contributed by atoms with Gasteiger partial charge in [0, 0.05) is 65.6 Å². The highest BCUT2D eigenvalue weighted by atomic mass is 15.2. The lowest BCUT2D eigenvalue weighted by Crippen LogP contribution is -2.15. The van der Waals surface area contributed by atoms with E-state index in [0.29, 0.717) is 0 Å². The Morgan fingerprint density at radius 3 is 1.05 bits per heavy atom. The topological polar surface area (TPSA) is 15.3 Å². The molecule has 4 aromatic heterocycles. The van der Waals surface area contributed by atoms with Gasteiger partial charge in [-0.3, -0.25) is 0 Å². The highest BCUT2D eigenvalue weighted by molar-refractivity contribution is 6.32. The van der Waals surface area contributed by atoms with E-state index in [1.807, 2.05) is 0 Å². The van der Waals surface area contributed by atoms with E-state index in [1.165, 1.54) is 121 Å². The maximum atomic E-state index is 2.56. The van der Waals surface area contributed by atoms with Gasteiger partial charge in [0.05, 0.1) is 55.8 Å². The van der Waals surface area contributed by atoms with Crippen LogP contribution in [0.5, 0.6) is 0 Å². The summed E-state index contributed by atoms with van der Waals surface area (Å²) in [6.07, 6.45) is 0. The lowest BCUT2D eigenvalue weighted by molar-refractivity contribution is 0.590. The molecule has 0 fully saturated rings. The Balaban J connectivity index is 0.998. The molecule has 0 radical (unpaired) electrons. The zero-order chi connectivity index (χ0) is 54.3. The van der Waals surface area contributed by atoms with E-state index in [1.54, 1.807) is 0 Å². The molecule has 0 saturated carbocycles. The molecule has 4 heterocycles. The molecule has 4 heteroatoms. The first-order valence-electron chi connectivity index (χ1n) is 28.3. The second-order valence-corrected chi connectivity index (χ2v) is 24.3. The number of aromatic nitrogens is 2. The van der Waals surface area contributed by atoms with Crippen molar-refractivity contribution in [3.63, 3.8) is 0 Å². The summed E-state index contributed by atoms with van der Waals surface area (Å²) in [6.45, 7) is 18.2. The highest BCUT2D eigenvalue weighted by Crippen LogP contribution is 2.53. The van der Waals surface area contributed by atoms with Crippen LogP contribution in [-0.4, -0.2) is 8.80 Å². The molecule has 15 aromatic rings. The van der Waals surface area contributed by atoms with Crippen LogP contribution in [0.2, 0.25) is 0 Å². The van der Waals surface area contributed by atoms with Gasteiger partial charge >= 0.3 is 0 Å². The Labute approximate surface area is 467 Å². The molecular weight excluding hydrogens is 969 g/mol. The first-order valence-corrected chi connectivity index (χ1v) is 28.3. The van der Waals surface area contributed by atoms with E-state index in [9.17, 15) is 0 Å². The Hall–Kier alpha value is -9.38. The van der Waals surface area contributed by atoms with Gasteiger partial charge in [-0.05, 0) is 132 Å². The molecule has 0 aliphatic rings. The van der Waals surface area contributed by atoms with E-state index in [2.05, 4.69) is 305 Å². The van der Waals surface area contributed by atoms with E-state index in [-0.39, 0.29) is 10.8 Å². The molecule has 0 N–H and O–H groups in total. The van der Waals surface area contributed by atoms with Crippen molar-refractivity contribution in [3.8, 4) is 22.3 Å². The molecule has 0 aliphatic carbocycles. The molecule has 0 amide bonds. The van der Waals surface area contributed by atoms with Crippen LogP contribution < -0.4 is 9.80 Å². The van der Waals surface area contributed by atoms with Gasteiger partial charge < -0.3 is 18.6 Å². The number of hydrogen-bond donors (Lipinski definition) is 0. The summed E-state index contributed by atoms with van der Waals surface area (Å²) >= 11 is 0. The van der Waals surface area contributed by atoms with Gasteiger partial charge in [-0.15, -0.1) is 0 Å². The van der Waals surface area contributed by atoms with Crippen molar-refractivity contribution in [2.45, 2.75) is 66.2 Å². The number of para-hydroxylation sites is 4. The fourth-order valence-corrected chi connectivity index (χ4v) is 13.1. The largest absolute Gasteiger partial charge is 0.309 e. The Morgan fingerprint density at radius 1 is 0.300 bits per heavy atom. The van der Waals surface area contributed by atoms with Crippen molar-refractivity contribution in [3.05, 3.63) is 253 Å². The first-order chi connectivity index (χ1) is 38.8. The monoisotopic (exact) mass is 1030 g/mol. The number of fused-ring (bicyclic) bond motifs is 12. The van der Waals surface area contributed by atoms with E-state index in [4.69, 9.17) is 0 Å². The van der Waals surface area contributed by atoms with E-state index >= 15 is 0 Å². The zero-order valence-corrected chi connectivity index (χ0v) is 46.7. The lowest BCUT2D eigenvalue weighted by Gasteiger charge is -2.30. The Morgan fingerprint density at radius 2 is 0.662 bits per heavy atom. The number of aryl methyl sites for hydroxylation is 2. The third-order valence-corrected chi connectivity index (χ3v) is 17.2. The van der Waals surface area contributed by atoms with Crippen LogP contribution in [0.3, 0.4) is 0 Å². The first kappa shape index (κ1) is 47.8. The van der Waals surface area contributed by atoms with Gasteiger partial charge in [0.15, 0.2) is 0 Å². The molecule has 0 aliphatic heterocycles. The molecule has 386 valence electrons. The minimum Gasteiger partial charge on any atom is -0.309 e. The van der Waals surface area contributed by atoms with Crippen molar-refractivity contribution < 1.29 is 0 Å². The van der Waals surface area contributed by atoms with Crippen LogP contribution in [0.25, 0.3) is 98.4 Å². The molecule has 0 spiro atoms. The molecule has 80 heavy (non-hydrogen) atoms. The second kappa shape index (κ2) is 17.6. The third-order valence-electron chi connectivity index (χ3n) is 17.2. The van der Waals surface area contributed by atoms with Crippen LogP contribution in [-0.2, 0) is 10.8 Å². The van der Waals surface area contributed by atoms with Crippen molar-refractivity contribution in [1.82, 2.24) is 8.80 Å². The van der Waals surface area contributed by atoms with Crippen molar-refractivity contribution in [2.24, 2.45) is 0 Å². The van der Waals surface area contributed by atoms with Gasteiger partial charge in [0.2, 0.25) is 0 Å². The molecule has 0 unspecified atom stereocenters. The van der Waals surface area contributed by atoms with Gasteiger partial charge in [-0.25, -0.2) is 0 Å². The van der Waals surface area contributed by atoms with Gasteiger partial charge in [-0.2, -0.15) is 0 Å². The van der Waals surface area contributed by atoms with Crippen LogP contribution >= 0.6 is 0 Å². The molecule has 0 atom stereocenters. The minimum atomic E-state index is -0.0301. The molecule has 15 rings (SSSR count). The summed E-state index contributed by atoms with van der Waals surface area (Å²) in [7, 11) is 0. The zero-order valence-electron chi connectivity index (χ0n) is 46.7. The van der Waals surface area contributed by atoms with Crippen LogP contribution in [0.15, 0.2) is 231 Å². The fourth-order valence-electron chi connectivity index (χ4n) is 13.1. The van der Waals surface area contributed by atoms with Crippen LogP contribution in [0, 0.1) is 13.8 Å². The lowest BCUT2D eigenvalue weighted by atomic mass is 9.84. The van der Waals surface area contributed by atoms with Crippen molar-refractivity contribution >= 4 is 110 Å². The summed E-state index contributed by atoms with van der Waals surface area (Å²) in [5.41, 5.74) is 24.0. The number of benzene rings is 11. The molecular formula is C76H62N4. The summed E-state index contributed by atoms with van der Waals surface area (Å²) in [5.74, 6) is 0. The quantitative estimate of drug-likeness (QED) is 0.151. The predicted molar refractivity (Wildman–Crippen MR) is 343 cm³/mol. The Bertz CT molecular complexity index is 4580. The van der Waals surface area contributed by atoms with Crippen LogP contribution in [0.4, 0.5) is 34.1 Å². The van der Waals surface area contributed by atoms with Gasteiger partial charge in [0.25, 0.3) is 0 Å². The summed E-state index contributed by atoms with van der Waals surface area (Å²) in [5, 5.41) is 9.94. The van der Waals surface area contributed by atoms with E-state index < -0.39 is 0 Å². The smallest absolute Gasteiger partial charge is 0.0641 e. The number of rotatable bonds is 8. The average molecular weight is 1030 g/mol. The number of nitrogens with zero attached hydrogens (tertiary/aromatic N) is 4. The maximum absolute atomic E-state index is 2.56. The van der Waals surface area contributed by atoms with E-state index in [0.717, 1.165) is 34.1 Å². The summed E-state index contributed by atoms with van der Waals surface area (Å²) < 4.78 is 5.13. The third kappa shape index (κ3) is 7.21. The Kier molecular flexibility index (Phi) is 10.5. The van der Waals surface area contributed by atoms with Gasteiger partial charge in [0.1, 0.15) is 0 Å². The number of anilines is 6. The predicted octanol–water partition coefficient (Wildman–Crippen LogP) is 21.5. The normalized spacial score (nSPS) is 12.5. The van der Waals surface area contributed by atoms with Crippen LogP contribution in [0.1, 0.15) is 63.8 Å². The standard InChI is InChI=1S/C76H62N4/c1-47-27-31-49(32-28-47)59-43-51(75(3,4)5)35-39-65(59)77(53-19-11-9-12-20-53)67-41-37-55-61-45-70-62(46-69(61)79-63-25-17-15-23-57(63)71(67)73(55)79)56-38-42-68(72-58-24-16-18-26-64(58)80(70)74(56)72)78(54-21-13-10-14-22-54)66-40-36-52(76(6,7)8)44-60(66)50-33-29-48(2)30-34-50/h9-46H,1-8H3. The number of hydrogen-bond acceptors (Lipinski definition) is 2. The fraction of sp³-hybridized carbons (Fsp3) is 0.132. The maximum Gasteiger partial charge on any atom is 0.0641 e. The van der Waals surface area contributed by atoms with Crippen molar-refractivity contribution in [1.29, 1.82) is 0 Å². The molecule has 0 bridgehead atoms. The molecule has 0 saturated heterocycles. The SMILES string of the molecule is Cc1ccc(-c2cc(C(C)(C)C)ccc2N(c2ccccc2)c2ccc3c4cc5c(cc4n4c6ccccc6c2c34)c2ccc(N(c3ccccc3)c3ccc(C(C)(C)C)cc3-c3ccc(C)cc3)c3c4ccccc4n5c23)cc1. The molecule has 4 nitrogen and oxygen atoms in total. The summed E-state index contributed by atoms with van der Waals surface area (Å²) in [4.78, 5) is 5.02. The second-order valence-electron chi connectivity index (χ2n) is 24.3. The average Bonchev–Trinajstić information content (AvgIpc) is 4.32. The summed E-state index contributed by atoms with van der Waals surface area (Å²) in [6, 6.07) is 86.9. The highest BCUT2D eigenvalue weighted by Gasteiger charge is 2.30.